The van der Waals surface area contributed by atoms with Gasteiger partial charge < -0.3 is 21.3 Å². The standard InChI is InChI=1S/C10H16N2O5S/c1-2-5-18-8(10(16)17)12-7(13)4-3-6(11)9(14)15/h2,5-6,8H,3-4,11H2,1H3,(H,12,13)(H,14,15)(H,16,17)/t6-,8-/m0/s1. The Morgan fingerprint density at radius 1 is 1.33 bits per heavy atom. The highest BCUT2D eigenvalue weighted by atomic mass is 32.2. The zero-order chi connectivity index (χ0) is 14.1. The van der Waals surface area contributed by atoms with Crippen molar-refractivity contribution in [1.82, 2.24) is 5.32 Å². The molecule has 0 bridgehead atoms. The minimum absolute atomic E-state index is 0.0399. The van der Waals surface area contributed by atoms with Gasteiger partial charge in [-0.15, -0.1) is 0 Å². The van der Waals surface area contributed by atoms with Gasteiger partial charge in [0.05, 0.1) is 0 Å². The minimum atomic E-state index is -1.19. The average Bonchev–Trinajstić information content (AvgIpc) is 2.30. The van der Waals surface area contributed by atoms with Crippen LogP contribution >= 0.6 is 11.8 Å². The summed E-state index contributed by atoms with van der Waals surface area (Å²) in [6.45, 7) is 1.72. The van der Waals surface area contributed by atoms with Crippen molar-refractivity contribution in [2.45, 2.75) is 31.2 Å². The van der Waals surface area contributed by atoms with Crippen molar-refractivity contribution in [3.63, 3.8) is 0 Å². The molecule has 0 aromatic carbocycles. The lowest BCUT2D eigenvalue weighted by Gasteiger charge is -2.12. The summed E-state index contributed by atoms with van der Waals surface area (Å²) in [7, 11) is 0. The topological polar surface area (TPSA) is 130 Å². The number of carboxylic acids is 2. The first kappa shape index (κ1) is 16.5. The fourth-order valence-electron chi connectivity index (χ4n) is 0.940. The second-order valence-electron chi connectivity index (χ2n) is 3.37. The zero-order valence-corrected chi connectivity index (χ0v) is 10.6. The molecule has 102 valence electrons. The summed E-state index contributed by atoms with van der Waals surface area (Å²) in [5, 5.41) is 20.1. The van der Waals surface area contributed by atoms with Gasteiger partial charge in [-0.25, -0.2) is 4.79 Å². The third kappa shape index (κ3) is 6.92. The van der Waals surface area contributed by atoms with Gasteiger partial charge in [0.25, 0.3) is 0 Å². The van der Waals surface area contributed by atoms with E-state index < -0.39 is 29.3 Å². The predicted molar refractivity (Wildman–Crippen MR) is 66.8 cm³/mol. The summed E-state index contributed by atoms with van der Waals surface area (Å²) in [5.74, 6) is -2.91. The van der Waals surface area contributed by atoms with E-state index in [4.69, 9.17) is 15.9 Å². The summed E-state index contributed by atoms with van der Waals surface area (Å²) < 4.78 is 0. The van der Waals surface area contributed by atoms with Gasteiger partial charge in [0, 0.05) is 6.42 Å². The van der Waals surface area contributed by atoms with Crippen LogP contribution in [0.3, 0.4) is 0 Å². The Labute approximate surface area is 108 Å². The number of hydrogen-bond donors (Lipinski definition) is 4. The molecule has 0 aliphatic carbocycles. The second kappa shape index (κ2) is 8.54. The van der Waals surface area contributed by atoms with Crippen LogP contribution in [0, 0.1) is 0 Å². The lowest BCUT2D eigenvalue weighted by Crippen LogP contribution is -2.39. The van der Waals surface area contributed by atoms with Crippen molar-refractivity contribution in [2.24, 2.45) is 5.73 Å². The lowest BCUT2D eigenvalue weighted by atomic mass is 10.1. The Kier molecular flexibility index (Phi) is 7.81. The fourth-order valence-corrected chi connectivity index (χ4v) is 1.57. The molecule has 0 saturated heterocycles. The van der Waals surface area contributed by atoms with Crippen LogP contribution in [0.5, 0.6) is 0 Å². The Morgan fingerprint density at radius 3 is 2.39 bits per heavy atom. The Bertz CT molecular complexity index is 345. The molecule has 0 rings (SSSR count). The third-order valence-corrected chi connectivity index (χ3v) is 2.89. The van der Waals surface area contributed by atoms with Crippen molar-refractivity contribution in [2.75, 3.05) is 0 Å². The van der Waals surface area contributed by atoms with E-state index in [-0.39, 0.29) is 12.8 Å². The van der Waals surface area contributed by atoms with Crippen LogP contribution in [0.2, 0.25) is 0 Å². The number of nitrogens with one attached hydrogen (secondary N) is 1. The van der Waals surface area contributed by atoms with Crippen molar-refractivity contribution < 1.29 is 24.6 Å². The maximum atomic E-state index is 11.4. The molecule has 8 heteroatoms. The SMILES string of the molecule is CC=CS[C@H](NC(=O)CC[C@H](N)C(=O)O)C(=O)O. The zero-order valence-electron chi connectivity index (χ0n) is 9.83. The number of aliphatic carboxylic acids is 2. The molecule has 0 aliphatic rings. The first-order valence-electron chi connectivity index (χ1n) is 5.15. The van der Waals surface area contributed by atoms with Crippen LogP contribution in [0.1, 0.15) is 19.8 Å². The van der Waals surface area contributed by atoms with E-state index in [1.807, 2.05) is 0 Å². The highest BCUT2D eigenvalue weighted by Gasteiger charge is 2.20. The van der Waals surface area contributed by atoms with Crippen molar-refractivity contribution in [3.8, 4) is 0 Å². The molecular formula is C10H16N2O5S. The molecule has 7 nitrogen and oxygen atoms in total. The Morgan fingerprint density at radius 2 is 1.94 bits per heavy atom. The van der Waals surface area contributed by atoms with Gasteiger partial charge in [0.15, 0.2) is 5.37 Å². The maximum Gasteiger partial charge on any atom is 0.337 e. The molecule has 0 aromatic rings. The van der Waals surface area contributed by atoms with Crippen LogP contribution in [0.4, 0.5) is 0 Å². The van der Waals surface area contributed by atoms with Gasteiger partial charge in [0.2, 0.25) is 5.91 Å². The average molecular weight is 276 g/mol. The molecule has 0 aromatic heterocycles. The van der Waals surface area contributed by atoms with Gasteiger partial charge in [-0.2, -0.15) is 0 Å². The molecule has 0 unspecified atom stereocenters. The van der Waals surface area contributed by atoms with Gasteiger partial charge in [-0.1, -0.05) is 17.8 Å². The van der Waals surface area contributed by atoms with Crippen LogP contribution in [0.15, 0.2) is 11.5 Å². The second-order valence-corrected chi connectivity index (χ2v) is 4.39. The fraction of sp³-hybridized carbons (Fsp3) is 0.500. The predicted octanol–water partition coefficient (Wildman–Crippen LogP) is -0.0278. The summed E-state index contributed by atoms with van der Waals surface area (Å²) in [5.41, 5.74) is 5.22. The van der Waals surface area contributed by atoms with E-state index in [0.717, 1.165) is 11.8 Å². The number of allylic oxidation sites excluding steroid dienone is 1. The van der Waals surface area contributed by atoms with Gasteiger partial charge in [-0.05, 0) is 18.8 Å². The van der Waals surface area contributed by atoms with Crippen LogP contribution in [-0.2, 0) is 14.4 Å². The minimum Gasteiger partial charge on any atom is -0.480 e. The quantitative estimate of drug-likeness (QED) is 0.458. The number of nitrogens with two attached hydrogens (primary N) is 1. The molecule has 0 radical (unpaired) electrons. The molecule has 5 N–H and O–H groups in total. The molecule has 0 heterocycles. The highest BCUT2D eigenvalue weighted by molar-refractivity contribution is 8.03. The number of carbonyl (C=O) groups excluding carboxylic acids is 1. The van der Waals surface area contributed by atoms with E-state index >= 15 is 0 Å². The number of carboxylic acid groups (broad SMARTS) is 2. The van der Waals surface area contributed by atoms with E-state index in [1.54, 1.807) is 18.4 Å². The Hall–Kier alpha value is -1.54. The largest absolute Gasteiger partial charge is 0.480 e. The van der Waals surface area contributed by atoms with Crippen molar-refractivity contribution >= 4 is 29.6 Å². The summed E-state index contributed by atoms with van der Waals surface area (Å²) >= 11 is 0.939. The van der Waals surface area contributed by atoms with Crippen LogP contribution in [0.25, 0.3) is 0 Å². The van der Waals surface area contributed by atoms with Crippen molar-refractivity contribution in [1.29, 1.82) is 0 Å². The van der Waals surface area contributed by atoms with Crippen LogP contribution < -0.4 is 11.1 Å². The first-order valence-corrected chi connectivity index (χ1v) is 6.10. The molecule has 1 amide bonds. The molecule has 0 saturated carbocycles. The molecular weight excluding hydrogens is 260 g/mol. The summed E-state index contributed by atoms with van der Waals surface area (Å²) in [6.07, 6.45) is 1.47. The first-order chi connectivity index (χ1) is 8.38. The number of rotatable bonds is 8. The smallest absolute Gasteiger partial charge is 0.337 e. The third-order valence-electron chi connectivity index (χ3n) is 1.87. The molecule has 0 spiro atoms. The maximum absolute atomic E-state index is 11.4. The van der Waals surface area contributed by atoms with E-state index in [1.165, 1.54) is 0 Å². The van der Waals surface area contributed by atoms with Gasteiger partial charge in [0.1, 0.15) is 6.04 Å². The summed E-state index contributed by atoms with van der Waals surface area (Å²) in [6, 6.07) is -1.12. The number of amides is 1. The van der Waals surface area contributed by atoms with E-state index in [2.05, 4.69) is 5.32 Å². The highest BCUT2D eigenvalue weighted by Crippen LogP contribution is 2.10. The number of hydrogen-bond acceptors (Lipinski definition) is 5. The molecule has 0 fully saturated rings. The van der Waals surface area contributed by atoms with E-state index in [9.17, 15) is 14.4 Å². The van der Waals surface area contributed by atoms with Gasteiger partial charge in [-0.3, -0.25) is 9.59 Å². The Balaban J connectivity index is 4.18. The van der Waals surface area contributed by atoms with Crippen LogP contribution in [-0.4, -0.2) is 39.5 Å². The number of thioether (sulfide) groups is 1. The van der Waals surface area contributed by atoms with E-state index in [0.29, 0.717) is 0 Å². The molecule has 2 atom stereocenters. The number of carbonyl (C=O) groups is 3. The monoisotopic (exact) mass is 276 g/mol. The molecule has 0 aliphatic heterocycles. The van der Waals surface area contributed by atoms with Gasteiger partial charge >= 0.3 is 11.9 Å². The summed E-state index contributed by atoms with van der Waals surface area (Å²) in [4.78, 5) is 32.6. The van der Waals surface area contributed by atoms with Crippen molar-refractivity contribution in [3.05, 3.63) is 11.5 Å². The molecule has 18 heavy (non-hydrogen) atoms. The lowest BCUT2D eigenvalue weighted by molar-refractivity contribution is -0.140. The normalized spacial score (nSPS) is 14.1.